The Hall–Kier alpha value is -2.14. The molecule has 114 valence electrons. The smallest absolute Gasteiger partial charge is 0.281 e. The van der Waals surface area contributed by atoms with Crippen LogP contribution in [0.5, 0.6) is 5.75 Å². The Bertz CT molecular complexity index is 704. The summed E-state index contributed by atoms with van der Waals surface area (Å²) in [5.74, 6) is 0.743. The molecule has 1 atom stereocenters. The van der Waals surface area contributed by atoms with Gasteiger partial charge in [0.15, 0.2) is 0 Å². The Labute approximate surface area is 133 Å². The summed E-state index contributed by atoms with van der Waals surface area (Å²) in [5, 5.41) is 13.2. The van der Waals surface area contributed by atoms with Crippen molar-refractivity contribution in [1.82, 2.24) is 5.43 Å². The summed E-state index contributed by atoms with van der Waals surface area (Å²) in [4.78, 5) is 14.2. The number of benzene rings is 1. The highest BCUT2D eigenvalue weighted by Gasteiger charge is 2.20. The first-order chi connectivity index (χ1) is 10.6. The number of aromatic hydroxyl groups is 1. The van der Waals surface area contributed by atoms with Gasteiger partial charge >= 0.3 is 0 Å². The largest absolute Gasteiger partial charge is 0.508 e. The molecule has 0 spiro atoms. The Morgan fingerprint density at radius 2 is 2.18 bits per heavy atom. The van der Waals surface area contributed by atoms with E-state index in [0.29, 0.717) is 5.92 Å². The maximum Gasteiger partial charge on any atom is 0.281 e. The molecule has 3 rings (SSSR count). The molecular weight excluding hydrogens is 296 g/mol. The number of amides is 1. The van der Waals surface area contributed by atoms with Crippen LogP contribution in [0.15, 0.2) is 35.4 Å². The van der Waals surface area contributed by atoms with E-state index in [2.05, 4.69) is 17.5 Å². The van der Waals surface area contributed by atoms with Crippen LogP contribution in [0.4, 0.5) is 0 Å². The third-order valence-electron chi connectivity index (χ3n) is 3.83. The molecule has 1 heterocycles. The molecule has 2 N–H and O–H groups in total. The van der Waals surface area contributed by atoms with Crippen LogP contribution < -0.4 is 5.43 Å². The van der Waals surface area contributed by atoms with Crippen molar-refractivity contribution in [2.45, 2.75) is 26.2 Å². The average Bonchev–Trinajstić information content (AvgIpc) is 2.92. The van der Waals surface area contributed by atoms with Crippen LogP contribution in [0.3, 0.4) is 0 Å². The summed E-state index contributed by atoms with van der Waals surface area (Å²) in [5.41, 5.74) is 4.69. The molecule has 4 nitrogen and oxygen atoms in total. The van der Waals surface area contributed by atoms with Crippen LogP contribution in [0, 0.1) is 5.92 Å². The molecule has 0 unspecified atom stereocenters. The van der Waals surface area contributed by atoms with Gasteiger partial charge in [0.1, 0.15) is 5.75 Å². The fourth-order valence-electron chi connectivity index (χ4n) is 2.60. The molecule has 0 fully saturated rings. The minimum absolute atomic E-state index is 0.165. The number of nitrogens with one attached hydrogen (secondary N) is 1. The number of phenolic OH excluding ortho intramolecular Hbond substituents is 1. The monoisotopic (exact) mass is 314 g/mol. The molecule has 0 radical (unpaired) electrons. The van der Waals surface area contributed by atoms with Gasteiger partial charge in [-0.1, -0.05) is 6.92 Å². The van der Waals surface area contributed by atoms with Crippen LogP contribution >= 0.6 is 11.3 Å². The fourth-order valence-corrected chi connectivity index (χ4v) is 3.70. The van der Waals surface area contributed by atoms with E-state index < -0.39 is 0 Å². The molecule has 0 saturated heterocycles. The number of rotatable bonds is 3. The van der Waals surface area contributed by atoms with Gasteiger partial charge in [-0.05, 0) is 66.6 Å². The van der Waals surface area contributed by atoms with Gasteiger partial charge in [-0.3, -0.25) is 4.79 Å². The minimum Gasteiger partial charge on any atom is -0.508 e. The molecule has 1 aliphatic carbocycles. The zero-order valence-corrected chi connectivity index (χ0v) is 13.2. The summed E-state index contributed by atoms with van der Waals surface area (Å²) in [6.45, 7) is 2.25. The Morgan fingerprint density at radius 1 is 1.41 bits per heavy atom. The number of nitrogens with zero attached hydrogens (tertiary/aromatic N) is 1. The number of hydrogen-bond donors (Lipinski definition) is 2. The Morgan fingerprint density at radius 3 is 2.95 bits per heavy atom. The van der Waals surface area contributed by atoms with Gasteiger partial charge in [-0.25, -0.2) is 5.43 Å². The second-order valence-corrected chi connectivity index (χ2v) is 6.83. The van der Waals surface area contributed by atoms with Gasteiger partial charge in [0, 0.05) is 4.88 Å². The van der Waals surface area contributed by atoms with Crippen molar-refractivity contribution >= 4 is 23.5 Å². The molecule has 2 aromatic rings. The van der Waals surface area contributed by atoms with Crippen LogP contribution in [0.2, 0.25) is 0 Å². The van der Waals surface area contributed by atoms with Crippen molar-refractivity contribution in [3.63, 3.8) is 0 Å². The highest BCUT2D eigenvalue weighted by atomic mass is 32.1. The quantitative estimate of drug-likeness (QED) is 0.674. The minimum atomic E-state index is -0.165. The molecule has 1 amide bonds. The highest BCUT2D eigenvalue weighted by Crippen LogP contribution is 2.32. The van der Waals surface area contributed by atoms with Gasteiger partial charge in [-0.15, -0.1) is 11.3 Å². The van der Waals surface area contributed by atoms with E-state index in [4.69, 9.17) is 0 Å². The summed E-state index contributed by atoms with van der Waals surface area (Å²) >= 11 is 1.57. The topological polar surface area (TPSA) is 61.7 Å². The molecule has 0 bridgehead atoms. The number of fused-ring (bicyclic) bond motifs is 1. The molecule has 1 aromatic heterocycles. The molecule has 1 aliphatic rings. The normalized spacial score (nSPS) is 17.4. The van der Waals surface area contributed by atoms with Crippen molar-refractivity contribution in [2.75, 3.05) is 0 Å². The summed E-state index contributed by atoms with van der Waals surface area (Å²) in [6.07, 6.45) is 4.90. The predicted octanol–water partition coefficient (Wildman–Crippen LogP) is 3.34. The molecule has 0 saturated carbocycles. The van der Waals surface area contributed by atoms with Crippen molar-refractivity contribution < 1.29 is 9.90 Å². The number of carbonyl (C=O) groups excluding carboxylic acids is 1. The number of aryl methyl sites for hydroxylation is 1. The first-order valence-electron chi connectivity index (χ1n) is 7.36. The Kier molecular flexibility index (Phi) is 4.24. The second kappa shape index (κ2) is 6.32. The lowest BCUT2D eigenvalue weighted by molar-refractivity contribution is 0.0959. The summed E-state index contributed by atoms with van der Waals surface area (Å²) < 4.78 is 0. The molecule has 5 heteroatoms. The van der Waals surface area contributed by atoms with E-state index in [1.54, 1.807) is 41.8 Å². The Balaban J connectivity index is 1.64. The number of carbonyl (C=O) groups is 1. The zero-order valence-electron chi connectivity index (χ0n) is 12.4. The van der Waals surface area contributed by atoms with Crippen molar-refractivity contribution in [2.24, 2.45) is 11.0 Å². The van der Waals surface area contributed by atoms with Crippen LogP contribution in [-0.2, 0) is 12.8 Å². The van der Waals surface area contributed by atoms with Crippen molar-refractivity contribution in [3.05, 3.63) is 51.2 Å². The van der Waals surface area contributed by atoms with Gasteiger partial charge in [0.25, 0.3) is 5.91 Å². The zero-order chi connectivity index (χ0) is 15.5. The van der Waals surface area contributed by atoms with E-state index >= 15 is 0 Å². The van der Waals surface area contributed by atoms with Crippen LogP contribution in [0.1, 0.15) is 39.0 Å². The fraction of sp³-hybridized carbons (Fsp3) is 0.294. The van der Waals surface area contributed by atoms with Crippen LogP contribution in [-0.4, -0.2) is 17.2 Å². The lowest BCUT2D eigenvalue weighted by Gasteiger charge is -2.16. The third kappa shape index (κ3) is 3.36. The van der Waals surface area contributed by atoms with Gasteiger partial charge in [0.05, 0.1) is 11.1 Å². The molecule has 22 heavy (non-hydrogen) atoms. The number of thiophene rings is 1. The maximum absolute atomic E-state index is 12.1. The average molecular weight is 314 g/mol. The number of phenols is 1. The molecule has 1 aromatic carbocycles. The summed E-state index contributed by atoms with van der Waals surface area (Å²) in [6, 6.07) is 8.63. The first-order valence-corrected chi connectivity index (χ1v) is 8.17. The number of hydrogen-bond acceptors (Lipinski definition) is 4. The standard InChI is InChI=1S/C17H18N2O2S/c1-11-2-7-15-13(8-11)9-16(22-15)17(21)19-18-10-12-3-5-14(20)6-4-12/h3-6,9-11,20H,2,7-8H2,1H3,(H,19,21)/b18-10+/t11-/m0/s1. The number of hydrazone groups is 1. The van der Waals surface area contributed by atoms with Crippen molar-refractivity contribution in [3.8, 4) is 5.75 Å². The molecular formula is C17H18N2O2S. The van der Waals surface area contributed by atoms with E-state index in [9.17, 15) is 9.90 Å². The SMILES string of the molecule is C[C@H]1CCc2sc(C(=O)N/N=C/c3ccc(O)cc3)cc2C1. The lowest BCUT2D eigenvalue weighted by atomic mass is 9.90. The van der Waals surface area contributed by atoms with E-state index in [0.717, 1.165) is 23.3 Å². The third-order valence-corrected chi connectivity index (χ3v) is 5.06. The van der Waals surface area contributed by atoms with Gasteiger partial charge in [-0.2, -0.15) is 5.10 Å². The van der Waals surface area contributed by atoms with Crippen LogP contribution in [0.25, 0.3) is 0 Å². The molecule has 0 aliphatic heterocycles. The van der Waals surface area contributed by atoms with E-state index in [1.165, 1.54) is 16.9 Å². The van der Waals surface area contributed by atoms with E-state index in [-0.39, 0.29) is 11.7 Å². The van der Waals surface area contributed by atoms with E-state index in [1.807, 2.05) is 6.07 Å². The van der Waals surface area contributed by atoms with Gasteiger partial charge in [0.2, 0.25) is 0 Å². The predicted molar refractivity (Wildman–Crippen MR) is 88.7 cm³/mol. The lowest BCUT2D eigenvalue weighted by Crippen LogP contribution is -2.16. The highest BCUT2D eigenvalue weighted by molar-refractivity contribution is 7.14. The van der Waals surface area contributed by atoms with Crippen molar-refractivity contribution in [1.29, 1.82) is 0 Å². The first kappa shape index (κ1) is 14.8. The van der Waals surface area contributed by atoms with Gasteiger partial charge < -0.3 is 5.11 Å². The maximum atomic E-state index is 12.1. The second-order valence-electron chi connectivity index (χ2n) is 5.70. The summed E-state index contributed by atoms with van der Waals surface area (Å²) in [7, 11) is 0.